The first-order valence-corrected chi connectivity index (χ1v) is 6.19. The van der Waals surface area contributed by atoms with Crippen molar-refractivity contribution in [2.45, 2.75) is 26.7 Å². The molecule has 0 aromatic heterocycles. The van der Waals surface area contributed by atoms with Crippen molar-refractivity contribution in [2.24, 2.45) is 5.92 Å². The quantitative estimate of drug-likeness (QED) is 0.690. The summed E-state index contributed by atoms with van der Waals surface area (Å²) in [5.41, 5.74) is 0. The van der Waals surface area contributed by atoms with Crippen molar-refractivity contribution in [3.63, 3.8) is 0 Å². The molecule has 16 heavy (non-hydrogen) atoms. The number of hydrogen-bond acceptors (Lipinski definition) is 2. The van der Waals surface area contributed by atoms with Crippen LogP contribution in [0.3, 0.4) is 0 Å². The number of urea groups is 1. The SMILES string of the molecule is CCN(CC)CCNC(=O)N/C=C/C1CC1. The van der Waals surface area contributed by atoms with E-state index in [1.165, 1.54) is 12.8 Å². The lowest BCUT2D eigenvalue weighted by Crippen LogP contribution is -2.38. The van der Waals surface area contributed by atoms with Crippen LogP contribution in [0.2, 0.25) is 0 Å². The number of likely N-dealkylation sites (N-methyl/N-ethyl adjacent to an activating group) is 1. The van der Waals surface area contributed by atoms with Gasteiger partial charge in [-0.3, -0.25) is 0 Å². The van der Waals surface area contributed by atoms with Gasteiger partial charge >= 0.3 is 6.03 Å². The van der Waals surface area contributed by atoms with E-state index in [1.807, 2.05) is 0 Å². The van der Waals surface area contributed by atoms with Gasteiger partial charge in [-0.1, -0.05) is 19.9 Å². The summed E-state index contributed by atoms with van der Waals surface area (Å²) in [6.07, 6.45) is 6.35. The fraction of sp³-hybridized carbons (Fsp3) is 0.750. The third-order valence-corrected chi connectivity index (χ3v) is 2.81. The summed E-state index contributed by atoms with van der Waals surface area (Å²) in [5.74, 6) is 0.705. The molecule has 92 valence electrons. The first-order valence-electron chi connectivity index (χ1n) is 6.19. The van der Waals surface area contributed by atoms with Crippen LogP contribution in [-0.4, -0.2) is 37.1 Å². The Hall–Kier alpha value is -1.03. The van der Waals surface area contributed by atoms with Gasteiger partial charge in [0.15, 0.2) is 0 Å². The summed E-state index contributed by atoms with van der Waals surface area (Å²) in [5, 5.41) is 5.55. The maximum atomic E-state index is 11.3. The summed E-state index contributed by atoms with van der Waals surface area (Å²) < 4.78 is 0. The van der Waals surface area contributed by atoms with E-state index in [-0.39, 0.29) is 6.03 Å². The Morgan fingerprint density at radius 3 is 2.62 bits per heavy atom. The van der Waals surface area contributed by atoms with Crippen LogP contribution in [0.5, 0.6) is 0 Å². The number of nitrogens with one attached hydrogen (secondary N) is 2. The molecule has 0 saturated heterocycles. The molecular formula is C12H23N3O. The van der Waals surface area contributed by atoms with E-state index in [2.05, 4.69) is 35.5 Å². The summed E-state index contributed by atoms with van der Waals surface area (Å²) >= 11 is 0. The lowest BCUT2D eigenvalue weighted by atomic mass is 10.4. The summed E-state index contributed by atoms with van der Waals surface area (Å²) in [6, 6.07) is -0.107. The highest BCUT2D eigenvalue weighted by Gasteiger charge is 2.16. The van der Waals surface area contributed by atoms with Crippen LogP contribution in [0.1, 0.15) is 26.7 Å². The molecule has 1 aliphatic carbocycles. The molecule has 0 radical (unpaired) electrons. The van der Waals surface area contributed by atoms with E-state index in [4.69, 9.17) is 0 Å². The Morgan fingerprint density at radius 1 is 1.38 bits per heavy atom. The molecule has 1 saturated carbocycles. The Labute approximate surface area is 98.1 Å². The van der Waals surface area contributed by atoms with E-state index in [0.29, 0.717) is 12.5 Å². The maximum Gasteiger partial charge on any atom is 0.318 e. The van der Waals surface area contributed by atoms with Gasteiger partial charge in [-0.25, -0.2) is 4.79 Å². The average molecular weight is 225 g/mol. The number of rotatable bonds is 7. The molecule has 0 heterocycles. The first kappa shape index (κ1) is 13.0. The van der Waals surface area contributed by atoms with Gasteiger partial charge < -0.3 is 15.5 Å². The second-order valence-corrected chi connectivity index (χ2v) is 4.12. The normalized spacial score (nSPS) is 15.7. The third-order valence-electron chi connectivity index (χ3n) is 2.81. The number of amides is 2. The zero-order chi connectivity index (χ0) is 11.8. The van der Waals surface area contributed by atoms with Gasteiger partial charge in [0.1, 0.15) is 0 Å². The number of allylic oxidation sites excluding steroid dienone is 1. The fourth-order valence-electron chi connectivity index (χ4n) is 1.47. The molecule has 2 N–H and O–H groups in total. The molecule has 0 aliphatic heterocycles. The van der Waals surface area contributed by atoms with Crippen molar-refractivity contribution in [1.29, 1.82) is 0 Å². The zero-order valence-corrected chi connectivity index (χ0v) is 10.3. The molecule has 0 aromatic carbocycles. The van der Waals surface area contributed by atoms with Gasteiger partial charge in [0.05, 0.1) is 0 Å². The van der Waals surface area contributed by atoms with Crippen molar-refractivity contribution in [3.8, 4) is 0 Å². The van der Waals surface area contributed by atoms with Crippen molar-refractivity contribution in [1.82, 2.24) is 15.5 Å². The van der Waals surface area contributed by atoms with Gasteiger partial charge in [0.2, 0.25) is 0 Å². The number of carbonyl (C=O) groups is 1. The second-order valence-electron chi connectivity index (χ2n) is 4.12. The van der Waals surface area contributed by atoms with Crippen molar-refractivity contribution in [2.75, 3.05) is 26.2 Å². The minimum Gasteiger partial charge on any atom is -0.337 e. The molecule has 1 rings (SSSR count). The van der Waals surface area contributed by atoms with Crippen LogP contribution in [0.15, 0.2) is 12.3 Å². The molecule has 2 amide bonds. The van der Waals surface area contributed by atoms with Gasteiger partial charge in [-0.15, -0.1) is 0 Å². The first-order chi connectivity index (χ1) is 7.76. The number of hydrogen-bond donors (Lipinski definition) is 2. The highest BCUT2D eigenvalue weighted by molar-refractivity contribution is 5.74. The minimum atomic E-state index is -0.107. The smallest absolute Gasteiger partial charge is 0.318 e. The standard InChI is InChI=1S/C12H23N3O/c1-3-15(4-2)10-9-14-12(16)13-8-7-11-5-6-11/h7-8,11H,3-6,9-10H2,1-2H3,(H2,13,14,16)/b8-7+. The topological polar surface area (TPSA) is 44.4 Å². The molecular weight excluding hydrogens is 202 g/mol. The van der Waals surface area contributed by atoms with Crippen LogP contribution < -0.4 is 10.6 Å². The second kappa shape index (κ2) is 7.28. The molecule has 4 nitrogen and oxygen atoms in total. The van der Waals surface area contributed by atoms with Crippen LogP contribution in [0.25, 0.3) is 0 Å². The largest absolute Gasteiger partial charge is 0.337 e. The van der Waals surface area contributed by atoms with E-state index < -0.39 is 0 Å². The Kier molecular flexibility index (Phi) is 5.93. The van der Waals surface area contributed by atoms with Crippen LogP contribution >= 0.6 is 0 Å². The molecule has 4 heteroatoms. The number of carbonyl (C=O) groups excluding carboxylic acids is 1. The predicted octanol–water partition coefficient (Wildman–Crippen LogP) is 1.55. The van der Waals surface area contributed by atoms with Gasteiger partial charge in [-0.05, 0) is 31.8 Å². The fourth-order valence-corrected chi connectivity index (χ4v) is 1.47. The van der Waals surface area contributed by atoms with Crippen molar-refractivity contribution >= 4 is 6.03 Å². The number of nitrogens with zero attached hydrogens (tertiary/aromatic N) is 1. The maximum absolute atomic E-state index is 11.3. The van der Waals surface area contributed by atoms with E-state index in [0.717, 1.165) is 19.6 Å². The van der Waals surface area contributed by atoms with E-state index in [1.54, 1.807) is 6.20 Å². The van der Waals surface area contributed by atoms with E-state index in [9.17, 15) is 4.79 Å². The Bertz CT molecular complexity index is 232. The van der Waals surface area contributed by atoms with Crippen LogP contribution in [-0.2, 0) is 0 Å². The van der Waals surface area contributed by atoms with E-state index >= 15 is 0 Å². The Balaban J connectivity index is 2.00. The molecule has 0 unspecified atom stereocenters. The van der Waals surface area contributed by atoms with Crippen molar-refractivity contribution < 1.29 is 4.79 Å². The highest BCUT2D eigenvalue weighted by Crippen LogP contribution is 2.29. The Morgan fingerprint density at radius 2 is 2.06 bits per heavy atom. The molecule has 0 spiro atoms. The lowest BCUT2D eigenvalue weighted by molar-refractivity contribution is 0.240. The molecule has 0 atom stereocenters. The summed E-state index contributed by atoms with van der Waals surface area (Å²) in [6.45, 7) is 7.92. The monoisotopic (exact) mass is 225 g/mol. The molecule has 1 aliphatic rings. The summed E-state index contributed by atoms with van der Waals surface area (Å²) in [7, 11) is 0. The van der Waals surface area contributed by atoms with Crippen molar-refractivity contribution in [3.05, 3.63) is 12.3 Å². The summed E-state index contributed by atoms with van der Waals surface area (Å²) in [4.78, 5) is 13.6. The minimum absolute atomic E-state index is 0.107. The molecule has 0 aromatic rings. The zero-order valence-electron chi connectivity index (χ0n) is 10.3. The predicted molar refractivity (Wildman–Crippen MR) is 66.2 cm³/mol. The molecule has 0 bridgehead atoms. The lowest BCUT2D eigenvalue weighted by Gasteiger charge is -2.17. The van der Waals surface area contributed by atoms with Crippen LogP contribution in [0, 0.1) is 5.92 Å². The van der Waals surface area contributed by atoms with Gasteiger partial charge in [0, 0.05) is 19.3 Å². The average Bonchev–Trinajstić information content (AvgIpc) is 3.08. The highest BCUT2D eigenvalue weighted by atomic mass is 16.2. The van der Waals surface area contributed by atoms with Crippen LogP contribution in [0.4, 0.5) is 4.79 Å². The van der Waals surface area contributed by atoms with Gasteiger partial charge in [0.25, 0.3) is 0 Å². The van der Waals surface area contributed by atoms with Gasteiger partial charge in [-0.2, -0.15) is 0 Å². The third kappa shape index (κ3) is 5.75. The molecule has 1 fully saturated rings.